The molecule has 0 radical (unpaired) electrons. The van der Waals surface area contributed by atoms with Crippen LogP contribution in [0.2, 0.25) is 0 Å². The Hall–Kier alpha value is -2.00. The fourth-order valence-corrected chi connectivity index (χ4v) is 4.60. The van der Waals surface area contributed by atoms with Gasteiger partial charge in [-0.1, -0.05) is 12.1 Å². The molecule has 0 saturated carbocycles. The van der Waals surface area contributed by atoms with Crippen molar-refractivity contribution in [2.45, 2.75) is 10.9 Å². The van der Waals surface area contributed by atoms with Crippen molar-refractivity contribution in [3.63, 3.8) is 0 Å². The minimum Gasteiger partial charge on any atom is -0.465 e. The molecule has 2 aromatic carbocycles. The number of methoxy groups -OCH3 is 1. The second kappa shape index (κ2) is 8.79. The van der Waals surface area contributed by atoms with Crippen molar-refractivity contribution in [1.29, 1.82) is 0 Å². The number of nitrogens with zero attached hydrogens (tertiary/aromatic N) is 1. The van der Waals surface area contributed by atoms with E-state index in [0.29, 0.717) is 18.7 Å². The van der Waals surface area contributed by atoms with Gasteiger partial charge in [0.2, 0.25) is 10.0 Å². The van der Waals surface area contributed by atoms with Crippen LogP contribution < -0.4 is 5.32 Å². The van der Waals surface area contributed by atoms with Crippen LogP contribution in [-0.4, -0.2) is 45.4 Å². The predicted molar refractivity (Wildman–Crippen MR) is 101 cm³/mol. The van der Waals surface area contributed by atoms with Gasteiger partial charge in [-0.05, 0) is 42.0 Å². The number of hydrogen-bond donors (Lipinski definition) is 1. The van der Waals surface area contributed by atoms with Crippen molar-refractivity contribution in [3.8, 4) is 0 Å². The van der Waals surface area contributed by atoms with Crippen molar-refractivity contribution in [3.05, 3.63) is 65.5 Å². The summed E-state index contributed by atoms with van der Waals surface area (Å²) < 4.78 is 45.8. The molecule has 0 amide bonds. The van der Waals surface area contributed by atoms with E-state index in [0.717, 1.165) is 0 Å². The summed E-state index contributed by atoms with van der Waals surface area (Å²) in [5.41, 5.74) is 0.861. The average Bonchev–Trinajstić information content (AvgIpc) is 2.67. The third kappa shape index (κ3) is 4.47. The molecule has 1 aliphatic rings. The summed E-state index contributed by atoms with van der Waals surface area (Å²) in [6.07, 6.45) is 0. The molecule has 6 nitrogen and oxygen atoms in total. The van der Waals surface area contributed by atoms with Gasteiger partial charge in [-0.3, -0.25) is 0 Å². The molecule has 2 aromatic rings. The summed E-state index contributed by atoms with van der Waals surface area (Å²) in [6.45, 7) is 1.16. The zero-order valence-corrected chi connectivity index (χ0v) is 16.2. The Morgan fingerprint density at radius 1 is 1.22 bits per heavy atom. The fourth-order valence-electron chi connectivity index (χ4n) is 2.99. The maximum Gasteiger partial charge on any atom is 0.337 e. The van der Waals surface area contributed by atoms with Crippen LogP contribution in [0.15, 0.2) is 53.4 Å². The van der Waals surface area contributed by atoms with E-state index in [4.69, 9.17) is 0 Å². The molecule has 0 aromatic heterocycles. The normalized spacial score (nSPS) is 17.8. The first kappa shape index (κ1) is 21.3. The topological polar surface area (TPSA) is 75.7 Å². The lowest BCUT2D eigenvalue weighted by Crippen LogP contribution is -2.48. The Morgan fingerprint density at radius 3 is 2.56 bits per heavy atom. The molecule has 1 atom stereocenters. The van der Waals surface area contributed by atoms with Crippen molar-refractivity contribution in [1.82, 2.24) is 9.62 Å². The highest BCUT2D eigenvalue weighted by Gasteiger charge is 2.34. The lowest BCUT2D eigenvalue weighted by Gasteiger charge is -2.35. The molecule has 9 heteroatoms. The van der Waals surface area contributed by atoms with E-state index in [1.165, 1.54) is 47.8 Å². The quantitative estimate of drug-likeness (QED) is 0.777. The standard InChI is InChI=1S/C18H19FN2O4S.ClH/c1-25-18(22)13-5-7-16(8-6-13)26(23,24)21-10-9-20-12-17(21)14-3-2-4-15(19)11-14;/h2-8,11,17,20H,9-10,12H2,1H3;1H. The molecule has 3 rings (SSSR count). The monoisotopic (exact) mass is 414 g/mol. The number of piperazine rings is 1. The fraction of sp³-hybridized carbons (Fsp3) is 0.278. The van der Waals surface area contributed by atoms with Crippen molar-refractivity contribution >= 4 is 28.4 Å². The van der Waals surface area contributed by atoms with Gasteiger partial charge in [-0.25, -0.2) is 17.6 Å². The number of benzene rings is 2. The highest BCUT2D eigenvalue weighted by molar-refractivity contribution is 7.89. The SMILES string of the molecule is COC(=O)c1ccc(S(=O)(=O)N2CCNCC2c2cccc(F)c2)cc1.Cl. The second-order valence-electron chi connectivity index (χ2n) is 5.91. The molecule has 1 fully saturated rings. The Labute approximate surface area is 163 Å². The van der Waals surface area contributed by atoms with Crippen LogP contribution in [0.3, 0.4) is 0 Å². The third-order valence-corrected chi connectivity index (χ3v) is 6.23. The Morgan fingerprint density at radius 2 is 1.93 bits per heavy atom. The molecule has 0 aliphatic carbocycles. The molecule has 1 saturated heterocycles. The average molecular weight is 415 g/mol. The number of esters is 1. The van der Waals surface area contributed by atoms with E-state index in [-0.39, 0.29) is 29.4 Å². The molecule has 1 unspecified atom stereocenters. The first-order valence-electron chi connectivity index (χ1n) is 8.10. The van der Waals surface area contributed by atoms with Gasteiger partial charge in [0.15, 0.2) is 0 Å². The van der Waals surface area contributed by atoms with Gasteiger partial charge < -0.3 is 10.1 Å². The second-order valence-corrected chi connectivity index (χ2v) is 7.80. The summed E-state index contributed by atoms with van der Waals surface area (Å²) in [6, 6.07) is 11.0. The van der Waals surface area contributed by atoms with Crippen LogP contribution in [0.25, 0.3) is 0 Å². The Kier molecular flexibility index (Phi) is 6.94. The number of carbonyl (C=O) groups excluding carboxylic acids is 1. The number of hydrogen-bond acceptors (Lipinski definition) is 5. The van der Waals surface area contributed by atoms with Crippen molar-refractivity contribution in [2.24, 2.45) is 0 Å². The van der Waals surface area contributed by atoms with Crippen LogP contribution in [0.1, 0.15) is 22.0 Å². The molecular weight excluding hydrogens is 395 g/mol. The minimum absolute atomic E-state index is 0. The Balaban J connectivity index is 0.00000261. The first-order chi connectivity index (χ1) is 12.4. The van der Waals surface area contributed by atoms with Gasteiger partial charge in [0.05, 0.1) is 23.6 Å². The molecule has 1 aliphatic heterocycles. The number of ether oxygens (including phenoxy) is 1. The number of halogens is 2. The summed E-state index contributed by atoms with van der Waals surface area (Å²) in [4.78, 5) is 11.6. The summed E-state index contributed by atoms with van der Waals surface area (Å²) in [5, 5.41) is 3.15. The lowest BCUT2D eigenvalue weighted by atomic mass is 10.1. The maximum atomic E-state index is 13.6. The number of carbonyl (C=O) groups is 1. The van der Waals surface area contributed by atoms with Crippen LogP contribution in [0.5, 0.6) is 0 Å². The van der Waals surface area contributed by atoms with Crippen LogP contribution >= 0.6 is 12.4 Å². The van der Waals surface area contributed by atoms with E-state index in [1.807, 2.05) is 0 Å². The highest BCUT2D eigenvalue weighted by atomic mass is 35.5. The predicted octanol–water partition coefficient (Wildman–Crippen LogP) is 2.37. The number of sulfonamides is 1. The molecule has 0 bridgehead atoms. The van der Waals surface area contributed by atoms with Gasteiger partial charge >= 0.3 is 5.97 Å². The lowest BCUT2D eigenvalue weighted by molar-refractivity contribution is 0.0600. The molecule has 27 heavy (non-hydrogen) atoms. The van der Waals surface area contributed by atoms with Gasteiger partial charge in [-0.15, -0.1) is 12.4 Å². The first-order valence-corrected chi connectivity index (χ1v) is 9.54. The van der Waals surface area contributed by atoms with Gasteiger partial charge in [-0.2, -0.15) is 4.31 Å². The van der Waals surface area contributed by atoms with Crippen LogP contribution in [0.4, 0.5) is 4.39 Å². The molecular formula is C18H20ClFN2O4S. The summed E-state index contributed by atoms with van der Waals surface area (Å²) in [5.74, 6) is -0.943. The minimum atomic E-state index is -3.80. The highest BCUT2D eigenvalue weighted by Crippen LogP contribution is 2.29. The van der Waals surface area contributed by atoms with Crippen LogP contribution in [-0.2, 0) is 14.8 Å². The number of nitrogens with one attached hydrogen (secondary N) is 1. The zero-order valence-electron chi connectivity index (χ0n) is 14.6. The smallest absolute Gasteiger partial charge is 0.337 e. The number of rotatable bonds is 4. The molecule has 0 spiro atoms. The van der Waals surface area contributed by atoms with E-state index in [2.05, 4.69) is 10.1 Å². The molecule has 146 valence electrons. The van der Waals surface area contributed by atoms with Crippen molar-refractivity contribution < 1.29 is 22.3 Å². The maximum absolute atomic E-state index is 13.6. The van der Waals surface area contributed by atoms with Gasteiger partial charge in [0.25, 0.3) is 0 Å². The van der Waals surface area contributed by atoms with Gasteiger partial charge in [0, 0.05) is 19.6 Å². The van der Waals surface area contributed by atoms with Crippen LogP contribution in [0, 0.1) is 5.82 Å². The van der Waals surface area contributed by atoms with E-state index in [9.17, 15) is 17.6 Å². The summed E-state index contributed by atoms with van der Waals surface area (Å²) in [7, 11) is -2.54. The van der Waals surface area contributed by atoms with E-state index in [1.54, 1.807) is 12.1 Å². The molecule has 1 N–H and O–H groups in total. The zero-order chi connectivity index (χ0) is 18.7. The van der Waals surface area contributed by atoms with Crippen molar-refractivity contribution in [2.75, 3.05) is 26.7 Å². The summed E-state index contributed by atoms with van der Waals surface area (Å²) >= 11 is 0. The Bertz CT molecular complexity index is 906. The van der Waals surface area contributed by atoms with E-state index >= 15 is 0 Å². The third-order valence-electron chi connectivity index (χ3n) is 4.31. The largest absolute Gasteiger partial charge is 0.465 e. The van der Waals surface area contributed by atoms with E-state index < -0.39 is 27.9 Å². The molecule has 1 heterocycles. The van der Waals surface area contributed by atoms with Gasteiger partial charge in [0.1, 0.15) is 5.82 Å².